The zero-order valence-corrected chi connectivity index (χ0v) is 31.0. The summed E-state index contributed by atoms with van der Waals surface area (Å²) < 4.78 is 12.2. The lowest BCUT2D eigenvalue weighted by Crippen LogP contribution is -2.56. The number of nitrogens with zero attached hydrogens (tertiary/aromatic N) is 6. The molecular formula is C37H40BrClN8O4. The number of benzene rings is 2. The minimum Gasteiger partial charge on any atom is -0.480 e. The summed E-state index contributed by atoms with van der Waals surface area (Å²) in [5, 5.41) is 6.45. The molecule has 2 N–H and O–H groups in total. The number of methoxy groups -OCH3 is 2. The summed E-state index contributed by atoms with van der Waals surface area (Å²) in [4.78, 5) is 47.4. The van der Waals surface area contributed by atoms with Gasteiger partial charge in [-0.3, -0.25) is 29.4 Å². The van der Waals surface area contributed by atoms with Crippen LogP contribution in [0.15, 0.2) is 53.3 Å². The van der Waals surface area contributed by atoms with Crippen molar-refractivity contribution in [1.29, 1.82) is 0 Å². The van der Waals surface area contributed by atoms with Crippen molar-refractivity contribution in [2.75, 3.05) is 53.5 Å². The van der Waals surface area contributed by atoms with E-state index in [2.05, 4.69) is 36.4 Å². The maximum absolute atomic E-state index is 11.9. The van der Waals surface area contributed by atoms with Gasteiger partial charge in [-0.15, -0.1) is 0 Å². The van der Waals surface area contributed by atoms with E-state index in [-0.39, 0.29) is 17.2 Å². The Hall–Kier alpha value is -4.17. The highest BCUT2D eigenvalue weighted by atomic mass is 79.9. The number of likely N-dealkylation sites (tertiary alicyclic amines) is 1. The fraction of sp³-hybridized carbons (Fsp3) is 0.405. The van der Waals surface area contributed by atoms with Gasteiger partial charge in [-0.05, 0) is 40.9 Å². The van der Waals surface area contributed by atoms with Crippen LogP contribution >= 0.6 is 27.5 Å². The molecule has 2 aromatic carbocycles. The Labute approximate surface area is 310 Å². The lowest BCUT2D eigenvalue weighted by molar-refractivity contribution is -0.121. The molecule has 0 bridgehead atoms. The van der Waals surface area contributed by atoms with E-state index in [1.54, 1.807) is 26.6 Å². The highest BCUT2D eigenvalue weighted by Crippen LogP contribution is 2.43. The number of nitrogens with one attached hydrogen (secondary N) is 2. The number of amides is 2. The average molecular weight is 776 g/mol. The van der Waals surface area contributed by atoms with Crippen LogP contribution in [0.3, 0.4) is 0 Å². The van der Waals surface area contributed by atoms with E-state index in [4.69, 9.17) is 41.0 Å². The first-order valence-corrected chi connectivity index (χ1v) is 18.3. The van der Waals surface area contributed by atoms with Crippen LogP contribution in [0.4, 0.5) is 0 Å². The normalized spacial score (nSPS) is 18.0. The molecule has 3 saturated heterocycles. The third kappa shape index (κ3) is 7.57. The number of halogens is 2. The van der Waals surface area contributed by atoms with Crippen LogP contribution in [0.5, 0.6) is 11.8 Å². The summed E-state index contributed by atoms with van der Waals surface area (Å²) in [5.41, 5.74) is 6.06. The third-order valence-electron chi connectivity index (χ3n) is 9.76. The molecule has 12 nitrogen and oxygen atoms in total. The third-order valence-corrected chi connectivity index (χ3v) is 11.0. The molecule has 2 aromatic heterocycles. The molecule has 7 rings (SSSR count). The summed E-state index contributed by atoms with van der Waals surface area (Å²) >= 11 is 11.0. The number of aromatic nitrogens is 4. The first kappa shape index (κ1) is 35.2. The molecule has 1 spiro atoms. The Bertz CT molecular complexity index is 1960. The van der Waals surface area contributed by atoms with E-state index in [0.717, 1.165) is 83.7 Å². The molecule has 2 amide bonds. The summed E-state index contributed by atoms with van der Waals surface area (Å²) in [6, 6.07) is 11.8. The van der Waals surface area contributed by atoms with Crippen LogP contribution in [0.1, 0.15) is 37.1 Å². The summed E-state index contributed by atoms with van der Waals surface area (Å²) in [5.74, 6) is 1.15. The first-order valence-electron chi connectivity index (χ1n) is 17.1. The maximum atomic E-state index is 11.9. The van der Waals surface area contributed by atoms with Crippen LogP contribution in [0.2, 0.25) is 5.02 Å². The second-order valence-electron chi connectivity index (χ2n) is 13.4. The second kappa shape index (κ2) is 15.2. The molecule has 0 aliphatic carbocycles. The largest absolute Gasteiger partial charge is 0.480 e. The molecule has 0 radical (unpaired) electrons. The van der Waals surface area contributed by atoms with E-state index >= 15 is 0 Å². The van der Waals surface area contributed by atoms with Crippen LogP contribution in [-0.4, -0.2) is 95.0 Å². The van der Waals surface area contributed by atoms with Crippen molar-refractivity contribution in [2.45, 2.75) is 38.8 Å². The van der Waals surface area contributed by atoms with Gasteiger partial charge >= 0.3 is 0 Å². The molecular weight excluding hydrogens is 736 g/mol. The molecule has 51 heavy (non-hydrogen) atoms. The molecule has 0 unspecified atom stereocenters. The summed E-state index contributed by atoms with van der Waals surface area (Å²) in [6.07, 6.45) is 6.26. The monoisotopic (exact) mass is 774 g/mol. The number of carbonyl (C=O) groups excluding carboxylic acids is 2. The molecule has 5 heterocycles. The molecule has 266 valence electrons. The zero-order valence-electron chi connectivity index (χ0n) is 28.7. The van der Waals surface area contributed by atoms with Gasteiger partial charge in [0.05, 0.1) is 43.0 Å². The van der Waals surface area contributed by atoms with Crippen molar-refractivity contribution >= 4 is 39.3 Å². The highest BCUT2D eigenvalue weighted by Gasteiger charge is 2.48. The lowest BCUT2D eigenvalue weighted by atomic mass is 9.79. The van der Waals surface area contributed by atoms with Gasteiger partial charge in [-0.2, -0.15) is 0 Å². The standard InChI is InChI=1S/C37H40BrClN8O4/c1-50-35-29(18-46-13-5-11-31(48)40-12-6-14-46)42-17-28(45-35)26-10-4-8-24(34(26)39)23-7-3-9-25(33(23)38)27-16-41-30(36(44-27)51-2)19-47-21-37(22-47)15-32(49)43-20-37/h3-4,7-10,16-17H,5-6,11-15,18-22H2,1-2H3,(H,40,48)(H,43,49). The number of rotatable bonds is 9. The molecule has 3 aliphatic rings. The number of carbonyl (C=O) groups is 2. The number of ether oxygens (including phenoxy) is 2. The van der Waals surface area contributed by atoms with Gasteiger partial charge in [0.1, 0.15) is 11.4 Å². The van der Waals surface area contributed by atoms with E-state index < -0.39 is 0 Å². The van der Waals surface area contributed by atoms with Crippen molar-refractivity contribution in [3.8, 4) is 45.4 Å². The van der Waals surface area contributed by atoms with Gasteiger partial charge in [-0.1, -0.05) is 48.0 Å². The summed E-state index contributed by atoms with van der Waals surface area (Å²) in [6.45, 7) is 5.91. The van der Waals surface area contributed by atoms with Gasteiger partial charge in [0.2, 0.25) is 23.6 Å². The first-order chi connectivity index (χ1) is 24.8. The van der Waals surface area contributed by atoms with Crippen molar-refractivity contribution in [2.24, 2.45) is 5.41 Å². The predicted octanol–water partition coefficient (Wildman–Crippen LogP) is 5.12. The number of hydrogen-bond donors (Lipinski definition) is 2. The minimum absolute atomic E-state index is 0.0395. The fourth-order valence-corrected chi connectivity index (χ4v) is 8.24. The van der Waals surface area contributed by atoms with Crippen LogP contribution < -0.4 is 20.1 Å². The minimum atomic E-state index is 0.0395. The van der Waals surface area contributed by atoms with Crippen LogP contribution in [-0.2, 0) is 22.7 Å². The predicted molar refractivity (Wildman–Crippen MR) is 197 cm³/mol. The Kier molecular flexibility index (Phi) is 10.5. The average Bonchev–Trinajstić information content (AvgIpc) is 3.55. The zero-order chi connectivity index (χ0) is 35.5. The maximum Gasteiger partial charge on any atom is 0.237 e. The van der Waals surface area contributed by atoms with Gasteiger partial charge in [0.25, 0.3) is 0 Å². The van der Waals surface area contributed by atoms with Gasteiger partial charge < -0.3 is 20.1 Å². The molecule has 3 fully saturated rings. The van der Waals surface area contributed by atoms with E-state index in [1.165, 1.54) is 0 Å². The lowest BCUT2D eigenvalue weighted by Gasteiger charge is -2.46. The number of hydrogen-bond acceptors (Lipinski definition) is 10. The van der Waals surface area contributed by atoms with Gasteiger partial charge in [-0.25, -0.2) is 9.97 Å². The smallest absolute Gasteiger partial charge is 0.237 e. The van der Waals surface area contributed by atoms with Crippen molar-refractivity contribution in [3.63, 3.8) is 0 Å². The quantitative estimate of drug-likeness (QED) is 0.236. The van der Waals surface area contributed by atoms with E-state index in [1.807, 2.05) is 36.4 Å². The Balaban J connectivity index is 1.11. The van der Waals surface area contributed by atoms with Gasteiger partial charge in [0.15, 0.2) is 0 Å². The van der Waals surface area contributed by atoms with Crippen molar-refractivity contribution in [3.05, 3.63) is 69.7 Å². The van der Waals surface area contributed by atoms with Crippen molar-refractivity contribution < 1.29 is 19.1 Å². The van der Waals surface area contributed by atoms with Crippen LogP contribution in [0, 0.1) is 5.41 Å². The Morgan fingerprint density at radius 1 is 0.804 bits per heavy atom. The van der Waals surface area contributed by atoms with Crippen molar-refractivity contribution in [1.82, 2.24) is 40.4 Å². The molecule has 4 aromatic rings. The van der Waals surface area contributed by atoms with E-state index in [9.17, 15) is 9.59 Å². The Morgan fingerprint density at radius 2 is 1.41 bits per heavy atom. The summed E-state index contributed by atoms with van der Waals surface area (Å²) in [7, 11) is 3.20. The second-order valence-corrected chi connectivity index (χ2v) is 14.6. The highest BCUT2D eigenvalue weighted by molar-refractivity contribution is 9.10. The van der Waals surface area contributed by atoms with E-state index in [0.29, 0.717) is 60.6 Å². The molecule has 0 saturated carbocycles. The molecule has 3 aliphatic heterocycles. The van der Waals surface area contributed by atoms with Crippen LogP contribution in [0.25, 0.3) is 33.6 Å². The molecule has 0 atom stereocenters. The molecule has 14 heteroatoms. The van der Waals surface area contributed by atoms with Gasteiger partial charge in [0, 0.05) is 85.2 Å². The fourth-order valence-electron chi connectivity index (χ4n) is 7.24. The Morgan fingerprint density at radius 3 is 2.08 bits per heavy atom. The SMILES string of the molecule is COc1nc(-c2cccc(-c3cccc(-c4cnc(CN5CC6(CNC(=O)C6)C5)c(OC)n4)c3Br)c2Cl)cnc1CN1CCCNC(=O)CCC1. The topological polar surface area (TPSA) is 135 Å².